The number of fused-ring (bicyclic) bond motifs is 5. The number of nitrogens with one attached hydrogen (secondary N) is 4. The van der Waals surface area contributed by atoms with Crippen LogP contribution in [0.1, 0.15) is 185 Å². The van der Waals surface area contributed by atoms with Gasteiger partial charge in [-0.15, -0.1) is 10.2 Å². The number of carbonyl (C=O) groups excluding carboxylic acids is 6. The third-order valence-corrected chi connectivity index (χ3v) is 19.3. The molecular weight excluding hydrogens is 1010 g/mol. The summed E-state index contributed by atoms with van der Waals surface area (Å²) in [5.41, 5.74) is 11.4. The number of nitrogens with two attached hydrogens (primary N) is 2. The third-order valence-electron chi connectivity index (χ3n) is 19.3. The van der Waals surface area contributed by atoms with Crippen molar-refractivity contribution < 1.29 is 43.0 Å². The molecule has 4 amide bonds. The zero-order valence-corrected chi connectivity index (χ0v) is 49.9. The van der Waals surface area contributed by atoms with Crippen molar-refractivity contribution in [2.75, 3.05) is 6.61 Å². The molecule has 2 aromatic heterocycles. The van der Waals surface area contributed by atoms with Crippen LogP contribution in [0.5, 0.6) is 0 Å². The minimum absolute atomic E-state index is 0.0141. The summed E-state index contributed by atoms with van der Waals surface area (Å²) in [4.78, 5) is 77.7. The average molecular weight is 1110 g/mol. The lowest BCUT2D eigenvalue weighted by Crippen LogP contribution is -2.60. The van der Waals surface area contributed by atoms with Crippen molar-refractivity contribution in [3.05, 3.63) is 23.8 Å². The van der Waals surface area contributed by atoms with Crippen molar-refractivity contribution in [3.63, 3.8) is 0 Å². The predicted octanol–water partition coefficient (Wildman–Crippen LogP) is 5.66. The van der Waals surface area contributed by atoms with Crippen LogP contribution < -0.4 is 32.7 Å². The van der Waals surface area contributed by atoms with E-state index in [9.17, 15) is 28.8 Å². The highest BCUT2D eigenvalue weighted by atomic mass is 16.6. The van der Waals surface area contributed by atoms with E-state index in [-0.39, 0.29) is 96.2 Å². The highest BCUT2D eigenvalue weighted by Crippen LogP contribution is 2.68. The second-order valence-electron chi connectivity index (χ2n) is 26.1. The van der Waals surface area contributed by atoms with Crippen molar-refractivity contribution in [1.82, 2.24) is 51.3 Å². The molecule has 6 rings (SSSR count). The van der Waals surface area contributed by atoms with E-state index in [1.807, 2.05) is 41.5 Å². The first-order chi connectivity index (χ1) is 37.1. The number of hydrogen-bond donors (Lipinski definition) is 6. The van der Waals surface area contributed by atoms with E-state index >= 15 is 0 Å². The zero-order chi connectivity index (χ0) is 58.2. The maximum atomic E-state index is 13.1. The van der Waals surface area contributed by atoms with Crippen molar-refractivity contribution in [2.45, 2.75) is 241 Å². The number of amides is 4. The Morgan fingerprint density at radius 3 is 1.76 bits per heavy atom. The highest BCUT2D eigenvalue weighted by Gasteiger charge is 2.61. The zero-order valence-electron chi connectivity index (χ0n) is 49.9. The summed E-state index contributed by atoms with van der Waals surface area (Å²) in [7, 11) is 0. The highest BCUT2D eigenvalue weighted by molar-refractivity contribution is 5.93. The molecular formula is C58H98N12O9. The van der Waals surface area contributed by atoms with Crippen molar-refractivity contribution in [3.8, 4) is 0 Å². The molecule has 2 heterocycles. The van der Waals surface area contributed by atoms with Gasteiger partial charge in [0.05, 0.1) is 44.2 Å². The van der Waals surface area contributed by atoms with Crippen molar-refractivity contribution in [1.29, 1.82) is 0 Å². The quantitative estimate of drug-likeness (QED) is 0.0588. The van der Waals surface area contributed by atoms with E-state index in [1.54, 1.807) is 49.5 Å². The smallest absolute Gasteiger partial charge is 0.332 e. The molecule has 4 aliphatic rings. The Kier molecular flexibility index (Phi) is 21.4. The Morgan fingerprint density at radius 1 is 0.696 bits per heavy atom. The van der Waals surface area contributed by atoms with E-state index in [2.05, 4.69) is 62.7 Å². The molecule has 0 aliphatic heterocycles. The lowest BCUT2D eigenvalue weighted by molar-refractivity contribution is -0.167. The second kappa shape index (κ2) is 26.7. The molecule has 8 N–H and O–H groups in total. The molecule has 0 radical (unpaired) electrons. The lowest BCUT2D eigenvalue weighted by Gasteiger charge is -2.61. The van der Waals surface area contributed by atoms with Crippen LogP contribution >= 0.6 is 0 Å². The normalized spacial score (nSPS) is 27.5. The van der Waals surface area contributed by atoms with Gasteiger partial charge < -0.3 is 46.9 Å². The fourth-order valence-corrected chi connectivity index (χ4v) is 13.9. The number of aromatic nitrogens is 6. The van der Waals surface area contributed by atoms with E-state index in [0.29, 0.717) is 66.4 Å². The van der Waals surface area contributed by atoms with Gasteiger partial charge in [-0.05, 0) is 164 Å². The Balaban J connectivity index is 0.875. The number of rotatable bonds is 27. The molecule has 2 aromatic rings. The fourth-order valence-electron chi connectivity index (χ4n) is 13.9. The van der Waals surface area contributed by atoms with E-state index in [0.717, 1.165) is 44.9 Å². The van der Waals surface area contributed by atoms with Gasteiger partial charge in [0, 0.05) is 18.5 Å². The standard InChI is InChI=1S/C58H98N12O9/c1-14-34(3)49(59)51(73)63-55(8,9)53(75)61-37(6)27-69-29-40(65-67-69)31-77-33-48(72)79-42-22-24-57(12)39(26-42)17-18-43-45-20-19-44(58(45,13)25-23-46(43)57)36(5)16-21-47(71)78-32-41-30-70(68-66-41)28-38(7)62-54(76)56(10,11)64-52(74)50(60)35(4)15-2/h29-30,34-39,42-46,49-50H,14-28,31-33,59-60H2,1-13H3,(H,61,75)(H,62,76)(H,63,73)(H,64,74)/t34-,35-,36+,37-,38-,39+,42+,43-,44+,45-,46-,49-,50-,57-,58+/m0/s1. The number of carbonyl (C=O) groups is 6. The van der Waals surface area contributed by atoms with Gasteiger partial charge in [-0.25, -0.2) is 4.79 Å². The molecule has 0 spiro atoms. The van der Waals surface area contributed by atoms with Crippen LogP contribution in [0.15, 0.2) is 12.4 Å². The first-order valence-electron chi connectivity index (χ1n) is 29.6. The van der Waals surface area contributed by atoms with Crippen molar-refractivity contribution in [2.24, 2.45) is 69.6 Å². The number of hydrogen-bond acceptors (Lipinski definition) is 15. The summed E-state index contributed by atoms with van der Waals surface area (Å²) < 4.78 is 20.7. The van der Waals surface area contributed by atoms with E-state index in [4.69, 9.17) is 25.7 Å². The van der Waals surface area contributed by atoms with Gasteiger partial charge in [0.2, 0.25) is 23.6 Å². The number of ether oxygens (including phenoxy) is 3. The van der Waals surface area contributed by atoms with Gasteiger partial charge in [0.25, 0.3) is 0 Å². The van der Waals surface area contributed by atoms with Gasteiger partial charge in [-0.1, -0.05) is 71.7 Å². The maximum Gasteiger partial charge on any atom is 0.332 e. The second-order valence-corrected chi connectivity index (χ2v) is 26.1. The molecule has 79 heavy (non-hydrogen) atoms. The summed E-state index contributed by atoms with van der Waals surface area (Å²) in [6.45, 7) is 26.0. The van der Waals surface area contributed by atoms with Gasteiger partial charge >= 0.3 is 11.9 Å². The lowest BCUT2D eigenvalue weighted by atomic mass is 9.44. The Labute approximate surface area is 469 Å². The first-order valence-corrected chi connectivity index (χ1v) is 29.6. The van der Waals surface area contributed by atoms with Crippen LogP contribution in [0.2, 0.25) is 0 Å². The summed E-state index contributed by atoms with van der Waals surface area (Å²) in [5, 5.41) is 28.2. The largest absolute Gasteiger partial charge is 0.461 e. The molecule has 15 atom stereocenters. The van der Waals surface area contributed by atoms with Crippen LogP contribution in [-0.2, 0) is 69.3 Å². The molecule has 21 nitrogen and oxygen atoms in total. The Bertz CT molecular complexity index is 2410. The topological polar surface area (TPSA) is 292 Å². The summed E-state index contributed by atoms with van der Waals surface area (Å²) in [6, 6.07) is -2.05. The van der Waals surface area contributed by atoms with Crippen molar-refractivity contribution >= 4 is 35.6 Å². The monoisotopic (exact) mass is 1110 g/mol. The van der Waals surface area contributed by atoms with Crippen LogP contribution in [0.25, 0.3) is 0 Å². The molecule has 444 valence electrons. The van der Waals surface area contributed by atoms with Gasteiger partial charge in [0.1, 0.15) is 41.8 Å². The van der Waals surface area contributed by atoms with Crippen LogP contribution in [0.4, 0.5) is 0 Å². The molecule has 0 saturated heterocycles. The van der Waals surface area contributed by atoms with Crippen LogP contribution in [0.3, 0.4) is 0 Å². The van der Waals surface area contributed by atoms with E-state index in [1.165, 1.54) is 32.1 Å². The summed E-state index contributed by atoms with van der Waals surface area (Å²) in [6.07, 6.45) is 15.9. The third kappa shape index (κ3) is 15.7. The summed E-state index contributed by atoms with van der Waals surface area (Å²) in [5.74, 6) is 1.40. The number of nitrogens with zero attached hydrogens (tertiary/aromatic N) is 6. The number of esters is 2. The molecule has 4 saturated carbocycles. The SMILES string of the molecule is CC[C@H](C)[C@H](N)C(=O)NC(C)(C)C(=O)N[C@@H](C)Cn1cc(COCC(=O)O[C@@H]2CC[C@@]3(C)[C@H](CC[C@@H]4[C@@H]3CC[C@]3(C)[C@@H]([C@H](C)CCC(=O)OCc5cn(C[C@H](C)NC(=O)C(C)(C)NC(=O)[C@@H](N)[C@@H](C)CC)nn5)CC[C@@H]43)C2)nn1. The predicted molar refractivity (Wildman–Crippen MR) is 298 cm³/mol. The van der Waals surface area contributed by atoms with Crippen LogP contribution in [0, 0.1) is 58.2 Å². The van der Waals surface area contributed by atoms with E-state index < -0.39 is 23.2 Å². The molecule has 4 fully saturated rings. The first kappa shape index (κ1) is 63.2. The molecule has 21 heteroatoms. The minimum Gasteiger partial charge on any atom is -0.461 e. The molecule has 0 aromatic carbocycles. The van der Waals surface area contributed by atoms with Gasteiger partial charge in [-0.2, -0.15) is 0 Å². The fraction of sp³-hybridized carbons (Fsp3) is 0.828. The maximum absolute atomic E-state index is 13.1. The van der Waals surface area contributed by atoms with Crippen LogP contribution in [-0.4, -0.2) is 114 Å². The molecule has 0 unspecified atom stereocenters. The molecule has 4 aliphatic carbocycles. The summed E-state index contributed by atoms with van der Waals surface area (Å²) >= 11 is 0. The van der Waals surface area contributed by atoms with Gasteiger partial charge in [-0.3, -0.25) is 33.3 Å². The Hall–Kier alpha value is -5.02. The molecule has 0 bridgehead atoms. The Morgan fingerprint density at radius 2 is 1.22 bits per heavy atom. The minimum atomic E-state index is -1.16. The average Bonchev–Trinajstić information content (AvgIpc) is 4.21. The van der Waals surface area contributed by atoms with Gasteiger partial charge in [0.15, 0.2) is 0 Å².